The minimum absolute atomic E-state index is 0.0154. The highest BCUT2D eigenvalue weighted by Crippen LogP contribution is 2.36. The fraction of sp³-hybridized carbons (Fsp3) is 0.385. The number of nitrogens with zero attached hydrogens (tertiary/aromatic N) is 3. The van der Waals surface area contributed by atoms with Crippen molar-refractivity contribution in [2.24, 2.45) is 9.98 Å². The molecule has 0 heterocycles. The molecule has 37 heavy (non-hydrogen) atoms. The number of aliphatic imine (C=N–C) groups is 2. The average Bonchev–Trinajstić information content (AvgIpc) is 2.84. The molecule has 1 amide bonds. The smallest absolute Gasteiger partial charge is 0.432 e. The zero-order valence-electron chi connectivity index (χ0n) is 22.1. The van der Waals surface area contributed by atoms with Crippen LogP contribution in [0.25, 0.3) is 0 Å². The van der Waals surface area contributed by atoms with E-state index in [1.807, 2.05) is 6.07 Å². The molecule has 2 aromatic carbocycles. The molecule has 8 nitrogen and oxygen atoms in total. The minimum atomic E-state index is -2.00. The van der Waals surface area contributed by atoms with Gasteiger partial charge in [-0.1, -0.05) is 20.8 Å². The zero-order valence-corrected chi connectivity index (χ0v) is 23.9. The number of halogens is 1. The van der Waals surface area contributed by atoms with Crippen LogP contribution in [-0.2, 0) is 4.43 Å². The first-order valence-electron chi connectivity index (χ1n) is 11.4. The Balaban J connectivity index is 2.52. The maximum absolute atomic E-state index is 15.8. The molecule has 0 bridgehead atoms. The summed E-state index contributed by atoms with van der Waals surface area (Å²) >= 11 is 1.00. The molecule has 0 saturated heterocycles. The van der Waals surface area contributed by atoms with Gasteiger partial charge >= 0.3 is 6.09 Å². The van der Waals surface area contributed by atoms with Crippen LogP contribution < -0.4 is 9.47 Å². The maximum atomic E-state index is 15.8. The molecule has 0 aliphatic carbocycles. The molecule has 0 radical (unpaired) electrons. The van der Waals surface area contributed by atoms with Gasteiger partial charge in [-0.2, -0.15) is 10.3 Å². The molecule has 1 N–H and O–H groups in total. The van der Waals surface area contributed by atoms with Gasteiger partial charge in [-0.05, 0) is 54.7 Å². The van der Waals surface area contributed by atoms with Crippen LogP contribution in [-0.4, -0.2) is 56.9 Å². The van der Waals surface area contributed by atoms with Crippen molar-refractivity contribution in [2.75, 3.05) is 26.6 Å². The van der Waals surface area contributed by atoms with Crippen molar-refractivity contribution in [3.05, 3.63) is 53.3 Å². The van der Waals surface area contributed by atoms with Gasteiger partial charge in [-0.3, -0.25) is 0 Å². The van der Waals surface area contributed by atoms with Crippen LogP contribution in [0.5, 0.6) is 11.5 Å². The van der Waals surface area contributed by atoms with Gasteiger partial charge in [0.25, 0.3) is 0 Å². The molecule has 2 rings (SSSR count). The summed E-state index contributed by atoms with van der Waals surface area (Å²) in [6.45, 7) is 11.0. The Bertz CT molecular complexity index is 1220. The number of nitriles is 1. The van der Waals surface area contributed by atoms with Crippen molar-refractivity contribution in [3.63, 3.8) is 0 Å². The van der Waals surface area contributed by atoms with Crippen molar-refractivity contribution >= 4 is 42.6 Å². The lowest BCUT2D eigenvalue weighted by Crippen LogP contribution is -2.41. The number of hydrogen-bond donors (Lipinski definition) is 1. The van der Waals surface area contributed by atoms with E-state index in [1.54, 1.807) is 30.5 Å². The lowest BCUT2D eigenvalue weighted by molar-refractivity contribution is 0.198. The summed E-state index contributed by atoms with van der Waals surface area (Å²) in [6.07, 6.45) is 0.170. The SMILES string of the molecule is COc1cc(OCCO[Si](C)(C)C(C)(C)C)c(F)c(C(=Nc2ccc(C#N)cc2)C(=NC(=O)O)SC)c1. The molecule has 0 aromatic heterocycles. The minimum Gasteiger partial charge on any atom is -0.497 e. The van der Waals surface area contributed by atoms with Crippen LogP contribution in [0.2, 0.25) is 18.1 Å². The Morgan fingerprint density at radius 2 is 1.84 bits per heavy atom. The Labute approximate surface area is 222 Å². The van der Waals surface area contributed by atoms with Crippen LogP contribution in [0.4, 0.5) is 14.9 Å². The van der Waals surface area contributed by atoms with Crippen molar-refractivity contribution in [2.45, 2.75) is 38.9 Å². The highest BCUT2D eigenvalue weighted by atomic mass is 32.2. The van der Waals surface area contributed by atoms with Gasteiger partial charge in [0.05, 0.1) is 31.0 Å². The van der Waals surface area contributed by atoms with Crippen LogP contribution >= 0.6 is 11.8 Å². The number of hydrogen-bond acceptors (Lipinski definition) is 7. The molecular formula is C26H32FN3O5SSi. The summed E-state index contributed by atoms with van der Waals surface area (Å²) in [5.41, 5.74) is 0.748. The van der Waals surface area contributed by atoms with Crippen LogP contribution in [0.1, 0.15) is 31.9 Å². The van der Waals surface area contributed by atoms with E-state index in [9.17, 15) is 9.90 Å². The fourth-order valence-electron chi connectivity index (χ4n) is 2.88. The fourth-order valence-corrected chi connectivity index (χ4v) is 4.42. The van der Waals surface area contributed by atoms with Gasteiger partial charge in [0.1, 0.15) is 23.1 Å². The highest BCUT2D eigenvalue weighted by Gasteiger charge is 2.37. The van der Waals surface area contributed by atoms with Crippen molar-refractivity contribution in [1.29, 1.82) is 5.26 Å². The molecule has 0 aliphatic rings. The largest absolute Gasteiger partial charge is 0.497 e. The number of thioether (sulfide) groups is 1. The second kappa shape index (κ2) is 12.9. The van der Waals surface area contributed by atoms with Crippen LogP contribution in [0.15, 0.2) is 46.4 Å². The van der Waals surface area contributed by atoms with Gasteiger partial charge < -0.3 is 19.0 Å². The topological polar surface area (TPSA) is 113 Å². The molecule has 2 aromatic rings. The average molecular weight is 546 g/mol. The maximum Gasteiger partial charge on any atom is 0.432 e. The first kappa shape index (κ1) is 30.0. The normalized spacial score (nSPS) is 12.7. The third-order valence-electron chi connectivity index (χ3n) is 5.94. The zero-order chi connectivity index (χ0) is 27.8. The molecule has 11 heteroatoms. The molecule has 0 fully saturated rings. The number of ether oxygens (including phenoxy) is 2. The first-order chi connectivity index (χ1) is 17.3. The van der Waals surface area contributed by atoms with E-state index >= 15 is 4.39 Å². The first-order valence-corrected chi connectivity index (χ1v) is 15.6. The van der Waals surface area contributed by atoms with Gasteiger partial charge in [-0.15, -0.1) is 11.8 Å². The summed E-state index contributed by atoms with van der Waals surface area (Å²) in [5, 5.41) is 18.4. The standard InChI is InChI=1S/C26H32FN3O5SSi/c1-26(2,3)37(6,7)35-13-12-34-21-15-19(33-4)14-20(22(21)27)23(24(36-5)30-25(31)32)29-18-10-8-17(16-28)9-11-18/h8-11,14-15H,12-13H2,1-7H3,(H,31,32). The number of methoxy groups -OCH3 is 1. The molecule has 0 unspecified atom stereocenters. The summed E-state index contributed by atoms with van der Waals surface area (Å²) in [5.74, 6) is -0.538. The van der Waals surface area contributed by atoms with E-state index < -0.39 is 20.2 Å². The summed E-state index contributed by atoms with van der Waals surface area (Å²) in [4.78, 5) is 19.5. The monoisotopic (exact) mass is 545 g/mol. The number of amides is 1. The van der Waals surface area contributed by atoms with E-state index in [4.69, 9.17) is 19.2 Å². The quantitative estimate of drug-likeness (QED) is 0.162. The predicted molar refractivity (Wildman–Crippen MR) is 148 cm³/mol. The third kappa shape index (κ3) is 8.15. The van der Waals surface area contributed by atoms with Gasteiger partial charge in [0, 0.05) is 11.6 Å². The summed E-state index contributed by atoms with van der Waals surface area (Å²) in [7, 11) is -0.571. The van der Waals surface area contributed by atoms with Crippen molar-refractivity contribution < 1.29 is 28.2 Å². The molecular weight excluding hydrogens is 513 g/mol. The van der Waals surface area contributed by atoms with E-state index in [0.29, 0.717) is 17.0 Å². The van der Waals surface area contributed by atoms with E-state index in [2.05, 4.69) is 43.9 Å². The second-order valence-electron chi connectivity index (χ2n) is 9.47. The van der Waals surface area contributed by atoms with E-state index in [-0.39, 0.29) is 40.3 Å². The number of rotatable bonds is 9. The second-order valence-corrected chi connectivity index (χ2v) is 15.1. The van der Waals surface area contributed by atoms with E-state index in [1.165, 1.54) is 19.2 Å². The van der Waals surface area contributed by atoms with Crippen molar-refractivity contribution in [3.8, 4) is 17.6 Å². The molecule has 0 aliphatic heterocycles. The molecule has 0 spiro atoms. The van der Waals surface area contributed by atoms with Crippen LogP contribution in [0, 0.1) is 17.1 Å². The number of benzene rings is 2. The molecule has 0 saturated carbocycles. The van der Waals surface area contributed by atoms with Crippen molar-refractivity contribution in [1.82, 2.24) is 0 Å². The predicted octanol–water partition coefficient (Wildman–Crippen LogP) is 6.67. The van der Waals surface area contributed by atoms with Gasteiger partial charge in [0.15, 0.2) is 19.9 Å². The number of carboxylic acid groups (broad SMARTS) is 1. The molecule has 198 valence electrons. The Morgan fingerprint density at radius 3 is 2.35 bits per heavy atom. The Kier molecular flexibility index (Phi) is 10.4. The Morgan fingerprint density at radius 1 is 1.19 bits per heavy atom. The van der Waals surface area contributed by atoms with Gasteiger partial charge in [0.2, 0.25) is 0 Å². The summed E-state index contributed by atoms with van der Waals surface area (Å²) in [6, 6.07) is 11.1. The lowest BCUT2D eigenvalue weighted by Gasteiger charge is -2.36. The highest BCUT2D eigenvalue weighted by molar-refractivity contribution is 8.15. The van der Waals surface area contributed by atoms with Crippen LogP contribution in [0.3, 0.4) is 0 Å². The Hall–Kier alpha value is -3.20. The van der Waals surface area contributed by atoms with E-state index in [0.717, 1.165) is 11.8 Å². The lowest BCUT2D eigenvalue weighted by atomic mass is 10.1. The molecule has 0 atom stereocenters. The summed E-state index contributed by atoms with van der Waals surface area (Å²) < 4.78 is 33.0. The third-order valence-corrected chi connectivity index (χ3v) is 11.2. The van der Waals surface area contributed by atoms with Gasteiger partial charge in [-0.25, -0.2) is 14.2 Å². The number of carbonyl (C=O) groups is 1.